The van der Waals surface area contributed by atoms with E-state index in [1.54, 1.807) is 0 Å². The number of amides is 1. The zero-order valence-corrected chi connectivity index (χ0v) is 18.7. The van der Waals surface area contributed by atoms with Gasteiger partial charge in [-0.15, -0.1) is 0 Å². The molecule has 180 valence electrons. The van der Waals surface area contributed by atoms with Crippen molar-refractivity contribution in [3.63, 3.8) is 0 Å². The lowest BCUT2D eigenvalue weighted by Gasteiger charge is -2.42. The second kappa shape index (κ2) is 10.7. The third-order valence-electron chi connectivity index (χ3n) is 5.97. The van der Waals surface area contributed by atoms with Gasteiger partial charge in [0.25, 0.3) is 5.91 Å². The number of rotatable bonds is 7. The van der Waals surface area contributed by atoms with Crippen LogP contribution in [0.5, 0.6) is 0 Å². The molecule has 0 bridgehead atoms. The number of aromatic nitrogens is 2. The molecule has 2 saturated heterocycles. The van der Waals surface area contributed by atoms with Crippen LogP contribution in [-0.2, 0) is 11.3 Å². The van der Waals surface area contributed by atoms with Gasteiger partial charge in [0.05, 0.1) is 30.7 Å². The van der Waals surface area contributed by atoms with E-state index in [2.05, 4.69) is 25.1 Å². The monoisotopic (exact) mass is 487 g/mol. The Morgan fingerprint density at radius 2 is 1.97 bits per heavy atom. The Morgan fingerprint density at radius 3 is 2.70 bits per heavy atom. The Balaban J connectivity index is 1.26. The van der Waals surface area contributed by atoms with Crippen molar-refractivity contribution in [2.24, 2.45) is 0 Å². The summed E-state index contributed by atoms with van der Waals surface area (Å²) in [5.74, 6) is -2.00. The minimum atomic E-state index is -2.74. The lowest BCUT2D eigenvalue weighted by molar-refractivity contribution is -0.176. The maximum Gasteiger partial charge on any atom is 0.345 e. The minimum absolute atomic E-state index is 0.0459. The first-order valence-electron chi connectivity index (χ1n) is 10.9. The van der Waals surface area contributed by atoms with E-state index in [4.69, 9.17) is 4.74 Å². The molecular weight excluding hydrogens is 462 g/mol. The van der Waals surface area contributed by atoms with Crippen molar-refractivity contribution in [3.8, 4) is 0 Å². The summed E-state index contributed by atoms with van der Waals surface area (Å²) in [6.07, 6.45) is 5.21. The van der Waals surface area contributed by atoms with Gasteiger partial charge in [0.1, 0.15) is 16.5 Å². The molecule has 2 aliphatic heterocycles. The Kier molecular flexibility index (Phi) is 7.76. The lowest BCUT2D eigenvalue weighted by Crippen LogP contribution is -2.50. The summed E-state index contributed by atoms with van der Waals surface area (Å²) in [6.45, 7) is 0.0232. The molecule has 2 aromatic heterocycles. The quantitative estimate of drug-likeness (QED) is 0.604. The molecule has 0 radical (unpaired) electrons. The molecule has 0 saturated carbocycles. The predicted octanol–water partition coefficient (Wildman–Crippen LogP) is 3.42. The molecule has 2 fully saturated rings. The molecule has 4 heterocycles. The van der Waals surface area contributed by atoms with E-state index in [9.17, 15) is 22.4 Å². The molecule has 33 heavy (non-hydrogen) atoms. The average Bonchev–Trinajstić information content (AvgIpc) is 3.29. The number of halogens is 4. The number of carbonyl (C=O) groups excluding carboxylic acids is 1. The maximum absolute atomic E-state index is 13.7. The highest BCUT2D eigenvalue weighted by Crippen LogP contribution is 2.28. The number of pyridine rings is 1. The predicted molar refractivity (Wildman–Crippen MR) is 114 cm³/mol. The fraction of sp³-hybridized carbons (Fsp3) is 0.571. The van der Waals surface area contributed by atoms with Gasteiger partial charge in [-0.3, -0.25) is 14.7 Å². The number of likely N-dealkylation sites (tertiary alicyclic amines) is 1. The first kappa shape index (κ1) is 23.8. The molecule has 0 aromatic carbocycles. The first-order valence-corrected chi connectivity index (χ1v) is 11.7. The van der Waals surface area contributed by atoms with Crippen LogP contribution < -0.4 is 10.2 Å². The third-order valence-corrected chi connectivity index (χ3v) is 7.03. The normalized spacial score (nSPS) is 20.4. The molecule has 1 unspecified atom stereocenters. The second-order valence-electron chi connectivity index (χ2n) is 8.15. The third kappa shape index (κ3) is 6.18. The van der Waals surface area contributed by atoms with Crippen LogP contribution in [0.1, 0.15) is 41.0 Å². The number of piperidine rings is 2. The van der Waals surface area contributed by atoms with Gasteiger partial charge in [0.15, 0.2) is 5.13 Å². The van der Waals surface area contributed by atoms with Gasteiger partial charge < -0.3 is 15.0 Å². The van der Waals surface area contributed by atoms with E-state index < -0.39 is 30.3 Å². The molecule has 0 aliphatic carbocycles. The highest BCUT2D eigenvalue weighted by Gasteiger charge is 2.31. The van der Waals surface area contributed by atoms with Crippen molar-refractivity contribution >= 4 is 22.4 Å². The smallest absolute Gasteiger partial charge is 0.345 e. The van der Waals surface area contributed by atoms with E-state index in [-0.39, 0.29) is 12.2 Å². The van der Waals surface area contributed by atoms with Crippen molar-refractivity contribution < 1.29 is 27.1 Å². The zero-order chi connectivity index (χ0) is 23.4. The summed E-state index contributed by atoms with van der Waals surface area (Å²) in [4.78, 5) is 25.2. The fourth-order valence-corrected chi connectivity index (χ4v) is 5.20. The maximum atomic E-state index is 13.7. The van der Waals surface area contributed by atoms with Gasteiger partial charge in [0.2, 0.25) is 0 Å². The average molecular weight is 488 g/mol. The van der Waals surface area contributed by atoms with Gasteiger partial charge in [0, 0.05) is 31.7 Å². The van der Waals surface area contributed by atoms with Crippen molar-refractivity contribution in [2.45, 2.75) is 51.0 Å². The number of anilines is 1. The number of nitrogens with zero attached hydrogens (tertiary/aromatic N) is 4. The summed E-state index contributed by atoms with van der Waals surface area (Å²) >= 11 is 1.24. The van der Waals surface area contributed by atoms with E-state index in [0.29, 0.717) is 23.9 Å². The highest BCUT2D eigenvalue weighted by molar-refractivity contribution is 7.17. The van der Waals surface area contributed by atoms with Crippen LogP contribution in [-0.4, -0.2) is 65.7 Å². The number of hydrogen-bond acceptors (Lipinski definition) is 7. The standard InChI is InChI=1S/C21H25F4N5O2S/c22-13-8-16(23)17(26-9-13)10-27-19(31)18-11-28-21(33-18)29-6-3-14(4-7-29)30-5-1-2-15(12-30)32-20(24)25/h8-9,11,14-15,20H,1-7,10,12H2,(H,27,31). The van der Waals surface area contributed by atoms with Crippen molar-refractivity contribution in [1.29, 1.82) is 0 Å². The molecule has 7 nitrogen and oxygen atoms in total. The number of hydrogen-bond donors (Lipinski definition) is 1. The van der Waals surface area contributed by atoms with Gasteiger partial charge in [-0.05, 0) is 32.2 Å². The SMILES string of the molecule is O=C(NCc1ncc(F)cc1F)c1cnc(N2CCC(N3CCCC(OC(F)F)C3)CC2)s1. The van der Waals surface area contributed by atoms with E-state index in [0.717, 1.165) is 56.3 Å². The molecular formula is C21H25F4N5O2S. The molecule has 2 aliphatic rings. The Hall–Kier alpha value is -2.31. The minimum Gasteiger partial charge on any atom is -0.348 e. The number of ether oxygens (including phenoxy) is 1. The van der Waals surface area contributed by atoms with Gasteiger partial charge in [-0.25, -0.2) is 13.8 Å². The Morgan fingerprint density at radius 1 is 1.18 bits per heavy atom. The molecule has 1 atom stereocenters. The molecule has 12 heteroatoms. The molecule has 2 aromatic rings. The van der Waals surface area contributed by atoms with Crippen LogP contribution in [0.25, 0.3) is 0 Å². The van der Waals surface area contributed by atoms with Crippen LogP contribution in [0.3, 0.4) is 0 Å². The van der Waals surface area contributed by atoms with Crippen LogP contribution in [0.15, 0.2) is 18.5 Å². The van der Waals surface area contributed by atoms with E-state index in [1.807, 2.05) is 0 Å². The lowest BCUT2D eigenvalue weighted by atomic mass is 9.99. The van der Waals surface area contributed by atoms with Crippen LogP contribution in [0.2, 0.25) is 0 Å². The van der Waals surface area contributed by atoms with Crippen LogP contribution in [0.4, 0.5) is 22.7 Å². The number of thiazole rings is 1. The van der Waals surface area contributed by atoms with Crippen molar-refractivity contribution in [3.05, 3.63) is 40.7 Å². The fourth-order valence-electron chi connectivity index (χ4n) is 4.32. The number of nitrogens with one attached hydrogen (secondary N) is 1. The second-order valence-corrected chi connectivity index (χ2v) is 9.16. The number of carbonyl (C=O) groups is 1. The highest BCUT2D eigenvalue weighted by atomic mass is 32.1. The molecule has 1 N–H and O–H groups in total. The largest absolute Gasteiger partial charge is 0.348 e. The van der Waals surface area contributed by atoms with Crippen molar-refractivity contribution in [1.82, 2.24) is 20.2 Å². The van der Waals surface area contributed by atoms with E-state index >= 15 is 0 Å². The number of alkyl halides is 2. The Bertz CT molecular complexity index is 954. The Labute approximate surface area is 192 Å². The van der Waals surface area contributed by atoms with E-state index in [1.165, 1.54) is 17.5 Å². The summed E-state index contributed by atoms with van der Waals surface area (Å²) in [5.41, 5.74) is -0.0459. The van der Waals surface area contributed by atoms with Crippen LogP contribution in [0, 0.1) is 11.6 Å². The summed E-state index contributed by atoms with van der Waals surface area (Å²) in [6, 6.07) is 1.03. The van der Waals surface area contributed by atoms with Crippen LogP contribution >= 0.6 is 11.3 Å². The van der Waals surface area contributed by atoms with Gasteiger partial charge >= 0.3 is 6.61 Å². The first-order chi connectivity index (χ1) is 15.9. The summed E-state index contributed by atoms with van der Waals surface area (Å²) in [5, 5.41) is 3.30. The van der Waals surface area contributed by atoms with Gasteiger partial charge in [-0.1, -0.05) is 11.3 Å². The topological polar surface area (TPSA) is 70.6 Å². The molecule has 0 spiro atoms. The molecule has 1 amide bonds. The summed E-state index contributed by atoms with van der Waals surface area (Å²) < 4.78 is 56.4. The zero-order valence-electron chi connectivity index (χ0n) is 17.9. The summed E-state index contributed by atoms with van der Waals surface area (Å²) in [7, 11) is 0. The van der Waals surface area contributed by atoms with Crippen molar-refractivity contribution in [2.75, 3.05) is 31.1 Å². The van der Waals surface area contributed by atoms with Gasteiger partial charge in [-0.2, -0.15) is 8.78 Å². The molecule has 4 rings (SSSR count).